The van der Waals surface area contributed by atoms with E-state index in [0.717, 1.165) is 51.0 Å². The summed E-state index contributed by atoms with van der Waals surface area (Å²) < 4.78 is 26.2. The molecule has 0 saturated carbocycles. The van der Waals surface area contributed by atoms with Crippen LogP contribution in [0.2, 0.25) is 0 Å². The predicted octanol–water partition coefficient (Wildman–Crippen LogP) is 1.54. The molecule has 1 amide bonds. The third kappa shape index (κ3) is 4.75. The molecule has 0 unspecified atom stereocenters. The topological polar surface area (TPSA) is 52.6 Å². The van der Waals surface area contributed by atoms with Gasteiger partial charge in [-0.3, -0.25) is 4.79 Å². The van der Waals surface area contributed by atoms with Gasteiger partial charge in [-0.15, -0.1) is 0 Å². The first-order chi connectivity index (χ1) is 10.1. The number of carbonyl (C=O) groups is 1. The van der Waals surface area contributed by atoms with Crippen molar-refractivity contribution in [3.63, 3.8) is 0 Å². The zero-order valence-electron chi connectivity index (χ0n) is 11.8. The molecule has 1 saturated heterocycles. The van der Waals surface area contributed by atoms with Gasteiger partial charge >= 0.3 is 0 Å². The first kappa shape index (κ1) is 15.9. The minimum absolute atomic E-state index is 0.141. The number of hydrogen-bond acceptors (Lipinski definition) is 3. The van der Waals surface area contributed by atoms with Gasteiger partial charge < -0.3 is 15.3 Å². The molecule has 21 heavy (non-hydrogen) atoms. The Balaban J connectivity index is 1.69. The van der Waals surface area contributed by atoms with Gasteiger partial charge in [0.1, 0.15) is 11.6 Å². The highest BCUT2D eigenvalue weighted by atomic mass is 19.1. The Morgan fingerprint density at radius 1 is 1.33 bits per heavy atom. The smallest absolute Gasteiger partial charge is 0.254 e. The minimum atomic E-state index is -0.850. The summed E-state index contributed by atoms with van der Waals surface area (Å²) in [4.78, 5) is 14.0. The van der Waals surface area contributed by atoms with E-state index in [4.69, 9.17) is 0 Å². The molecule has 1 aliphatic heterocycles. The third-order valence-electron chi connectivity index (χ3n) is 3.67. The number of benzene rings is 1. The highest BCUT2D eigenvalue weighted by Crippen LogP contribution is 2.10. The number of likely N-dealkylation sites (tertiary alicyclic amines) is 1. The van der Waals surface area contributed by atoms with E-state index in [1.54, 1.807) is 0 Å². The lowest BCUT2D eigenvalue weighted by atomic mass is 10.1. The van der Waals surface area contributed by atoms with Crippen molar-refractivity contribution in [1.82, 2.24) is 10.2 Å². The van der Waals surface area contributed by atoms with Crippen LogP contribution < -0.4 is 5.32 Å². The van der Waals surface area contributed by atoms with E-state index < -0.39 is 17.5 Å². The van der Waals surface area contributed by atoms with Crippen molar-refractivity contribution in [2.75, 3.05) is 26.2 Å². The second-order valence-electron chi connectivity index (χ2n) is 5.31. The van der Waals surface area contributed by atoms with Crippen LogP contribution in [0, 0.1) is 11.6 Å². The number of aliphatic hydroxyl groups is 1. The summed E-state index contributed by atoms with van der Waals surface area (Å²) in [6.07, 6.45) is 2.13. The number of piperidine rings is 1. The molecule has 0 spiro atoms. The lowest BCUT2D eigenvalue weighted by molar-refractivity contribution is 0.0816. The van der Waals surface area contributed by atoms with E-state index in [9.17, 15) is 18.7 Å². The molecule has 6 heteroatoms. The molecule has 0 aromatic heterocycles. The lowest BCUT2D eigenvalue weighted by Gasteiger charge is -2.29. The summed E-state index contributed by atoms with van der Waals surface area (Å²) in [6, 6.07) is 2.91. The van der Waals surface area contributed by atoms with E-state index >= 15 is 0 Å². The van der Waals surface area contributed by atoms with Gasteiger partial charge in [0.2, 0.25) is 0 Å². The van der Waals surface area contributed by atoms with E-state index in [1.165, 1.54) is 0 Å². The van der Waals surface area contributed by atoms with Gasteiger partial charge in [0, 0.05) is 25.7 Å². The zero-order valence-corrected chi connectivity index (χ0v) is 11.8. The van der Waals surface area contributed by atoms with Gasteiger partial charge in [-0.25, -0.2) is 8.78 Å². The van der Waals surface area contributed by atoms with Crippen LogP contribution in [0.4, 0.5) is 8.78 Å². The number of carbonyl (C=O) groups excluding carboxylic acids is 1. The van der Waals surface area contributed by atoms with Gasteiger partial charge in [-0.2, -0.15) is 0 Å². The molecule has 2 rings (SSSR count). The molecular weight excluding hydrogens is 278 g/mol. The van der Waals surface area contributed by atoms with Crippen molar-refractivity contribution in [3.05, 3.63) is 35.4 Å². The van der Waals surface area contributed by atoms with Crippen LogP contribution in [0.15, 0.2) is 18.2 Å². The summed E-state index contributed by atoms with van der Waals surface area (Å²) in [7, 11) is 0. The molecule has 116 valence electrons. The molecule has 1 aromatic carbocycles. The van der Waals surface area contributed by atoms with Gasteiger partial charge in [0.25, 0.3) is 5.91 Å². The predicted molar refractivity (Wildman–Crippen MR) is 75.0 cm³/mol. The number of rotatable bonds is 5. The maximum absolute atomic E-state index is 13.4. The summed E-state index contributed by atoms with van der Waals surface area (Å²) in [5.74, 6) is -2.07. The summed E-state index contributed by atoms with van der Waals surface area (Å²) in [5, 5.41) is 12.0. The average Bonchev–Trinajstić information content (AvgIpc) is 2.45. The fourth-order valence-electron chi connectivity index (χ4n) is 2.42. The summed E-state index contributed by atoms with van der Waals surface area (Å²) in [5.41, 5.74) is -0.141. The second-order valence-corrected chi connectivity index (χ2v) is 5.31. The second kappa shape index (κ2) is 7.47. The Kier molecular flexibility index (Phi) is 5.64. The van der Waals surface area contributed by atoms with Gasteiger partial charge in [0.15, 0.2) is 0 Å². The van der Waals surface area contributed by atoms with Crippen molar-refractivity contribution in [1.29, 1.82) is 0 Å². The Bertz CT molecular complexity index is 489. The molecule has 4 nitrogen and oxygen atoms in total. The number of aliphatic hydroxyl groups excluding tert-OH is 1. The molecule has 0 bridgehead atoms. The van der Waals surface area contributed by atoms with E-state index in [1.807, 2.05) is 0 Å². The number of nitrogens with one attached hydrogen (secondary N) is 1. The minimum Gasteiger partial charge on any atom is -0.393 e. The Hall–Kier alpha value is -1.53. The molecular formula is C15H20F2N2O2. The molecule has 0 atom stereocenters. The highest BCUT2D eigenvalue weighted by Gasteiger charge is 2.16. The van der Waals surface area contributed by atoms with Crippen molar-refractivity contribution in [3.8, 4) is 0 Å². The normalized spacial score (nSPS) is 16.9. The van der Waals surface area contributed by atoms with Gasteiger partial charge in [0.05, 0.1) is 11.7 Å². The largest absolute Gasteiger partial charge is 0.393 e. The zero-order chi connectivity index (χ0) is 15.2. The monoisotopic (exact) mass is 298 g/mol. The average molecular weight is 298 g/mol. The Morgan fingerprint density at radius 2 is 2.05 bits per heavy atom. The van der Waals surface area contributed by atoms with E-state index in [2.05, 4.69) is 10.2 Å². The first-order valence-corrected chi connectivity index (χ1v) is 7.20. The van der Waals surface area contributed by atoms with E-state index in [-0.39, 0.29) is 11.7 Å². The standard InChI is InChI=1S/C15H20F2N2O2/c16-11-2-3-13(14(17)10-11)15(21)18-6-1-7-19-8-4-12(20)5-9-19/h2-3,10,12,20H,1,4-9H2,(H,18,21). The maximum Gasteiger partial charge on any atom is 0.254 e. The fourth-order valence-corrected chi connectivity index (χ4v) is 2.42. The summed E-state index contributed by atoms with van der Waals surface area (Å²) >= 11 is 0. The Morgan fingerprint density at radius 3 is 2.71 bits per heavy atom. The number of amides is 1. The fraction of sp³-hybridized carbons (Fsp3) is 0.533. The van der Waals surface area contributed by atoms with Crippen LogP contribution in [0.25, 0.3) is 0 Å². The van der Waals surface area contributed by atoms with E-state index in [0.29, 0.717) is 12.6 Å². The van der Waals surface area contributed by atoms with Crippen molar-refractivity contribution < 1.29 is 18.7 Å². The maximum atomic E-state index is 13.4. The third-order valence-corrected chi connectivity index (χ3v) is 3.67. The molecule has 2 N–H and O–H groups in total. The van der Waals surface area contributed by atoms with Crippen LogP contribution in [-0.4, -0.2) is 48.2 Å². The number of halogens is 2. The SMILES string of the molecule is O=C(NCCCN1CCC(O)CC1)c1ccc(F)cc1F. The van der Waals surface area contributed by atoms with Crippen molar-refractivity contribution in [2.45, 2.75) is 25.4 Å². The van der Waals surface area contributed by atoms with Crippen molar-refractivity contribution in [2.24, 2.45) is 0 Å². The highest BCUT2D eigenvalue weighted by molar-refractivity contribution is 5.94. The molecule has 0 radical (unpaired) electrons. The molecule has 0 aliphatic carbocycles. The van der Waals surface area contributed by atoms with Crippen LogP contribution in [-0.2, 0) is 0 Å². The molecule has 1 fully saturated rings. The van der Waals surface area contributed by atoms with Crippen LogP contribution in [0.3, 0.4) is 0 Å². The first-order valence-electron chi connectivity index (χ1n) is 7.20. The van der Waals surface area contributed by atoms with Crippen LogP contribution >= 0.6 is 0 Å². The number of nitrogens with zero attached hydrogens (tertiary/aromatic N) is 1. The lowest BCUT2D eigenvalue weighted by Crippen LogP contribution is -2.37. The van der Waals surface area contributed by atoms with Crippen LogP contribution in [0.1, 0.15) is 29.6 Å². The van der Waals surface area contributed by atoms with Gasteiger partial charge in [-0.1, -0.05) is 0 Å². The molecule has 1 heterocycles. The van der Waals surface area contributed by atoms with Gasteiger partial charge in [-0.05, 0) is 37.9 Å². The molecule has 1 aromatic rings. The number of hydrogen-bond donors (Lipinski definition) is 2. The quantitative estimate of drug-likeness (QED) is 0.811. The molecule has 1 aliphatic rings. The van der Waals surface area contributed by atoms with Crippen LogP contribution in [0.5, 0.6) is 0 Å². The summed E-state index contributed by atoms with van der Waals surface area (Å²) in [6.45, 7) is 3.00. The van der Waals surface area contributed by atoms with Crippen molar-refractivity contribution >= 4 is 5.91 Å². The Labute approximate surface area is 122 Å².